The maximum Gasteiger partial charge on any atom is 0.136 e. The molecule has 202 valence electrons. The lowest BCUT2D eigenvalue weighted by atomic mass is 9.63. The number of allylic oxidation sites excluding steroid dienone is 2. The van der Waals surface area contributed by atoms with Gasteiger partial charge in [0.2, 0.25) is 0 Å². The molecular weight excluding hydrogens is 448 g/mol. The minimum atomic E-state index is 0.255. The molecule has 0 amide bonds. The third-order valence-corrected chi connectivity index (χ3v) is 9.90. The Hall–Kier alpha value is -0.830. The molecule has 0 radical (unpaired) electrons. The molecule has 2 nitrogen and oxygen atoms in total. The Morgan fingerprint density at radius 2 is 1.29 bits per heavy atom. The summed E-state index contributed by atoms with van der Waals surface area (Å²) in [5.74, 6) is 3.59. The Labute approximate surface area is 223 Å². The summed E-state index contributed by atoms with van der Waals surface area (Å²) in [6, 6.07) is 0. The van der Waals surface area contributed by atoms with Gasteiger partial charge in [0, 0.05) is 24.7 Å². The summed E-state index contributed by atoms with van der Waals surface area (Å²) < 4.78 is 0. The highest BCUT2D eigenvalue weighted by Crippen LogP contribution is 2.52. The van der Waals surface area contributed by atoms with E-state index in [9.17, 15) is 9.59 Å². The maximum absolute atomic E-state index is 12.3. The van der Waals surface area contributed by atoms with Crippen LogP contribution < -0.4 is 0 Å². The number of thiol groups is 1. The number of hydrogen-bond acceptors (Lipinski definition) is 3. The first-order valence-corrected chi connectivity index (χ1v) is 15.2. The zero-order chi connectivity index (χ0) is 26.5. The molecule has 3 rings (SSSR count). The molecule has 3 saturated carbocycles. The average Bonchev–Trinajstić information content (AvgIpc) is 3.33. The summed E-state index contributed by atoms with van der Waals surface area (Å²) >= 11 is 4.43. The van der Waals surface area contributed by atoms with Crippen molar-refractivity contribution >= 4 is 24.2 Å². The van der Waals surface area contributed by atoms with E-state index in [4.69, 9.17) is 0 Å². The van der Waals surface area contributed by atoms with Gasteiger partial charge in [-0.1, -0.05) is 59.6 Å². The number of carbonyl (C=O) groups is 2. The van der Waals surface area contributed by atoms with Crippen molar-refractivity contribution in [3.05, 3.63) is 25.3 Å². The highest BCUT2D eigenvalue weighted by molar-refractivity contribution is 7.80. The summed E-state index contributed by atoms with van der Waals surface area (Å²) in [7, 11) is 0. The number of rotatable bonds is 9. The van der Waals surface area contributed by atoms with Gasteiger partial charge in [0.15, 0.2) is 0 Å². The van der Waals surface area contributed by atoms with E-state index >= 15 is 0 Å². The van der Waals surface area contributed by atoms with E-state index in [-0.39, 0.29) is 11.3 Å². The van der Waals surface area contributed by atoms with Crippen molar-refractivity contribution < 1.29 is 9.59 Å². The van der Waals surface area contributed by atoms with Crippen LogP contribution in [0.3, 0.4) is 0 Å². The van der Waals surface area contributed by atoms with Crippen molar-refractivity contribution in [3.63, 3.8) is 0 Å². The summed E-state index contributed by atoms with van der Waals surface area (Å²) in [6.45, 7) is 18.1. The van der Waals surface area contributed by atoms with Gasteiger partial charge in [0.25, 0.3) is 0 Å². The number of ketones is 2. The molecule has 3 aliphatic carbocycles. The summed E-state index contributed by atoms with van der Waals surface area (Å²) in [6.07, 6.45) is 19.5. The van der Waals surface area contributed by atoms with Gasteiger partial charge in [-0.25, -0.2) is 0 Å². The SMILES string of the molecule is C=CCCC(=O)C1CC(C)(CS)CCC1C.C=CCCC(=O)C1CC2(CCCC2)CCC1C.CC. The first kappa shape index (κ1) is 32.2. The Morgan fingerprint density at radius 3 is 1.74 bits per heavy atom. The van der Waals surface area contributed by atoms with Crippen LogP contribution in [0.1, 0.15) is 125 Å². The van der Waals surface area contributed by atoms with Gasteiger partial charge < -0.3 is 0 Å². The van der Waals surface area contributed by atoms with Gasteiger partial charge in [-0.05, 0) is 92.6 Å². The second-order valence-electron chi connectivity index (χ2n) is 11.9. The molecular formula is C32H56O2S. The second kappa shape index (κ2) is 16.1. The van der Waals surface area contributed by atoms with Crippen LogP contribution >= 0.6 is 12.6 Å². The molecule has 0 aromatic heterocycles. The van der Waals surface area contributed by atoms with Gasteiger partial charge in [-0.3, -0.25) is 9.59 Å². The molecule has 0 aromatic rings. The third-order valence-electron chi connectivity index (χ3n) is 9.14. The summed E-state index contributed by atoms with van der Waals surface area (Å²) in [5, 5.41) is 0. The van der Waals surface area contributed by atoms with Crippen LogP contribution in [0.15, 0.2) is 25.3 Å². The largest absolute Gasteiger partial charge is 0.299 e. The van der Waals surface area contributed by atoms with Crippen molar-refractivity contribution in [2.24, 2.45) is 34.5 Å². The van der Waals surface area contributed by atoms with Crippen molar-refractivity contribution in [3.8, 4) is 0 Å². The standard InChI is InChI=1S/C16H26O.C14H24OS.C2H6/c1-3-4-7-15(17)14-12-16(9-5-6-10-16)11-8-13(14)2;1-4-5-6-13(15)12-9-14(3,10-16)8-7-11(12)2;1-2/h3,13-14H,1,4-12H2,2H3;4,11-12,16H,1,5-10H2,2-3H3;1-2H3. The minimum absolute atomic E-state index is 0.255. The van der Waals surface area contributed by atoms with E-state index in [0.29, 0.717) is 47.6 Å². The fraction of sp³-hybridized carbons (Fsp3) is 0.812. The molecule has 0 saturated heterocycles. The lowest BCUT2D eigenvalue weighted by molar-refractivity contribution is -0.127. The number of Topliss-reactive ketones (excluding diaryl/α,β-unsaturated/α-hetero) is 2. The van der Waals surface area contributed by atoms with Crippen LogP contribution in [0.4, 0.5) is 0 Å². The first-order chi connectivity index (χ1) is 16.7. The van der Waals surface area contributed by atoms with Crippen molar-refractivity contribution in [1.29, 1.82) is 0 Å². The number of hydrogen-bond donors (Lipinski definition) is 1. The third kappa shape index (κ3) is 9.86. The fourth-order valence-corrected chi connectivity index (χ4v) is 6.85. The van der Waals surface area contributed by atoms with Crippen LogP contribution in [0.2, 0.25) is 0 Å². The lowest BCUT2D eigenvalue weighted by Crippen LogP contribution is -2.36. The van der Waals surface area contributed by atoms with Gasteiger partial charge in [-0.15, -0.1) is 13.2 Å². The molecule has 35 heavy (non-hydrogen) atoms. The van der Waals surface area contributed by atoms with E-state index in [1.165, 1.54) is 57.8 Å². The van der Waals surface area contributed by atoms with Gasteiger partial charge in [-0.2, -0.15) is 12.6 Å². The molecule has 5 atom stereocenters. The molecule has 3 fully saturated rings. The molecule has 0 heterocycles. The predicted molar refractivity (Wildman–Crippen MR) is 156 cm³/mol. The highest BCUT2D eigenvalue weighted by Gasteiger charge is 2.43. The number of carbonyl (C=O) groups excluding carboxylic acids is 2. The van der Waals surface area contributed by atoms with Crippen molar-refractivity contribution in [2.45, 2.75) is 125 Å². The van der Waals surface area contributed by atoms with E-state index in [1.807, 2.05) is 26.0 Å². The molecule has 1 spiro atoms. The topological polar surface area (TPSA) is 34.1 Å². The smallest absolute Gasteiger partial charge is 0.136 e. The normalized spacial score (nSPS) is 31.4. The van der Waals surface area contributed by atoms with E-state index < -0.39 is 0 Å². The van der Waals surface area contributed by atoms with Crippen molar-refractivity contribution in [2.75, 3.05) is 5.75 Å². The molecule has 0 bridgehead atoms. The molecule has 0 N–H and O–H groups in total. The molecule has 0 aliphatic heterocycles. The Morgan fingerprint density at radius 1 is 0.829 bits per heavy atom. The van der Waals surface area contributed by atoms with Crippen LogP contribution in [0.25, 0.3) is 0 Å². The lowest BCUT2D eigenvalue weighted by Gasteiger charge is -2.41. The van der Waals surface area contributed by atoms with Gasteiger partial charge in [0.1, 0.15) is 11.6 Å². The average molecular weight is 505 g/mol. The van der Waals surface area contributed by atoms with E-state index in [2.05, 4.69) is 46.6 Å². The monoisotopic (exact) mass is 504 g/mol. The minimum Gasteiger partial charge on any atom is -0.299 e. The van der Waals surface area contributed by atoms with Crippen LogP contribution in [0.5, 0.6) is 0 Å². The zero-order valence-corrected chi connectivity index (χ0v) is 24.6. The fourth-order valence-electron chi connectivity index (χ4n) is 6.56. The van der Waals surface area contributed by atoms with E-state index in [0.717, 1.165) is 25.0 Å². The van der Waals surface area contributed by atoms with Gasteiger partial charge >= 0.3 is 0 Å². The molecule has 5 unspecified atom stereocenters. The van der Waals surface area contributed by atoms with E-state index in [1.54, 1.807) is 0 Å². The van der Waals surface area contributed by atoms with Crippen molar-refractivity contribution in [1.82, 2.24) is 0 Å². The Balaban J connectivity index is 0.000000328. The van der Waals surface area contributed by atoms with Gasteiger partial charge in [0.05, 0.1) is 0 Å². The second-order valence-corrected chi connectivity index (χ2v) is 12.2. The predicted octanol–water partition coefficient (Wildman–Crippen LogP) is 9.44. The Kier molecular flexibility index (Phi) is 14.8. The van der Waals surface area contributed by atoms with Crippen LogP contribution in [-0.4, -0.2) is 17.3 Å². The first-order valence-electron chi connectivity index (χ1n) is 14.6. The summed E-state index contributed by atoms with van der Waals surface area (Å²) in [4.78, 5) is 24.4. The maximum atomic E-state index is 12.3. The quantitative estimate of drug-likeness (QED) is 0.250. The summed E-state index contributed by atoms with van der Waals surface area (Å²) in [5.41, 5.74) is 0.825. The molecule has 3 aliphatic rings. The van der Waals surface area contributed by atoms with Crippen LogP contribution in [-0.2, 0) is 9.59 Å². The molecule has 0 aromatic carbocycles. The highest BCUT2D eigenvalue weighted by atomic mass is 32.1. The molecule has 3 heteroatoms. The zero-order valence-electron chi connectivity index (χ0n) is 23.7. The Bertz CT molecular complexity index is 662. The van der Waals surface area contributed by atoms with Crippen LogP contribution in [0, 0.1) is 34.5 Å².